The van der Waals surface area contributed by atoms with Crippen molar-refractivity contribution in [2.24, 2.45) is 45.3 Å². The van der Waals surface area contributed by atoms with Crippen LogP contribution in [0.3, 0.4) is 0 Å². The van der Waals surface area contributed by atoms with Crippen LogP contribution in [0.5, 0.6) is 0 Å². The highest BCUT2D eigenvalue weighted by Gasteiger charge is 2.69. The topological polar surface area (TPSA) is 81.7 Å². The molecule has 0 bridgehead atoms. The third-order valence-corrected chi connectivity index (χ3v) is 17.0. The Morgan fingerprint density at radius 3 is 2.18 bits per heavy atom. The molecule has 2 amide bonds. The van der Waals surface area contributed by atoms with Crippen molar-refractivity contribution >= 4 is 17.6 Å². The zero-order valence-electron chi connectivity index (χ0n) is 31.1. The summed E-state index contributed by atoms with van der Waals surface area (Å²) in [6.07, 6.45) is 21.0. The van der Waals surface area contributed by atoms with E-state index < -0.39 is 5.97 Å². The van der Waals surface area contributed by atoms with Crippen molar-refractivity contribution in [1.29, 1.82) is 0 Å². The number of carboxylic acid groups (broad SMARTS) is 1. The van der Waals surface area contributed by atoms with Crippen molar-refractivity contribution in [1.82, 2.24) is 15.5 Å². The number of allylic oxidation sites excluding steroid dienone is 2. The molecule has 49 heavy (non-hydrogen) atoms. The van der Waals surface area contributed by atoms with Crippen LogP contribution in [0.1, 0.15) is 147 Å². The highest BCUT2D eigenvalue weighted by molar-refractivity contribution is 5.88. The Balaban J connectivity index is 1.01. The number of rotatable bonds is 6. The standard InChI is InChI=1S/C43H63N3O3/c1-38(2)31(29-11-13-30(14-12-29)36(47)48)17-20-39(3)34(38)18-21-41(5)35(39)16-15-32-33-10-9-19-43(33,25-22-40(32,41)4)45-37(49)44-42(23-24-42)28-46-26-7-6-8-27-46/h11-14,17,32-35H,6-10,15-16,18-28H2,1-5H3,(H,47,48)(H2,44,45,49)/t32-,33?,34?,35?,39?,40-,41?,43?/m1/s1. The molecule has 1 saturated heterocycles. The zero-order valence-corrected chi connectivity index (χ0v) is 31.1. The maximum atomic E-state index is 13.8. The highest BCUT2D eigenvalue weighted by Crippen LogP contribution is 2.76. The van der Waals surface area contributed by atoms with Crippen molar-refractivity contribution in [2.75, 3.05) is 19.6 Å². The number of fused-ring (bicyclic) bond motifs is 7. The maximum Gasteiger partial charge on any atom is 0.335 e. The molecule has 6 nitrogen and oxygen atoms in total. The lowest BCUT2D eigenvalue weighted by Crippen LogP contribution is -2.68. The molecule has 3 N–H and O–H groups in total. The predicted molar refractivity (Wildman–Crippen MR) is 196 cm³/mol. The first-order valence-corrected chi connectivity index (χ1v) is 20.1. The molecule has 5 saturated carbocycles. The number of urea groups is 1. The summed E-state index contributed by atoms with van der Waals surface area (Å²) in [5.74, 6) is 1.67. The number of aromatic carboxylic acids is 1. The molecule has 1 aromatic carbocycles. The van der Waals surface area contributed by atoms with Crippen LogP contribution >= 0.6 is 0 Å². The minimum absolute atomic E-state index is 0.00102. The van der Waals surface area contributed by atoms with Crippen LogP contribution in [-0.4, -0.2) is 52.7 Å². The van der Waals surface area contributed by atoms with E-state index in [-0.39, 0.29) is 38.8 Å². The van der Waals surface area contributed by atoms with Gasteiger partial charge in [-0.25, -0.2) is 9.59 Å². The molecule has 268 valence electrons. The molecule has 0 aromatic heterocycles. The zero-order chi connectivity index (χ0) is 34.5. The average Bonchev–Trinajstić information content (AvgIpc) is 3.67. The molecular formula is C43H63N3O3. The fraction of sp³-hybridized carbons (Fsp3) is 0.767. The van der Waals surface area contributed by atoms with E-state index in [0.717, 1.165) is 38.6 Å². The fourth-order valence-electron chi connectivity index (χ4n) is 14.2. The van der Waals surface area contributed by atoms with Gasteiger partial charge in [0, 0.05) is 12.1 Å². The molecule has 7 aliphatic rings. The van der Waals surface area contributed by atoms with Gasteiger partial charge in [-0.05, 0) is 165 Å². The van der Waals surface area contributed by atoms with E-state index in [2.05, 4.69) is 56.2 Å². The van der Waals surface area contributed by atoms with Crippen LogP contribution < -0.4 is 10.6 Å². The Morgan fingerprint density at radius 1 is 0.755 bits per heavy atom. The largest absolute Gasteiger partial charge is 0.478 e. The summed E-state index contributed by atoms with van der Waals surface area (Å²) in [5, 5.41) is 16.8. The molecule has 6 unspecified atom stereocenters. The van der Waals surface area contributed by atoms with E-state index in [9.17, 15) is 14.7 Å². The van der Waals surface area contributed by atoms with Crippen LogP contribution in [0.25, 0.3) is 5.57 Å². The van der Waals surface area contributed by atoms with E-state index in [1.165, 1.54) is 88.4 Å². The molecule has 0 spiro atoms. The highest BCUT2D eigenvalue weighted by atomic mass is 16.4. The Kier molecular flexibility index (Phi) is 7.99. The third-order valence-electron chi connectivity index (χ3n) is 17.0. The van der Waals surface area contributed by atoms with Crippen molar-refractivity contribution in [3.63, 3.8) is 0 Å². The smallest absolute Gasteiger partial charge is 0.335 e. The van der Waals surface area contributed by atoms with Crippen molar-refractivity contribution in [2.45, 2.75) is 142 Å². The molecule has 0 radical (unpaired) electrons. The van der Waals surface area contributed by atoms with E-state index in [4.69, 9.17) is 0 Å². The number of carbonyl (C=O) groups excluding carboxylic acids is 1. The molecule has 1 aromatic rings. The minimum Gasteiger partial charge on any atom is -0.478 e. The first kappa shape index (κ1) is 33.8. The van der Waals surface area contributed by atoms with Crippen molar-refractivity contribution in [3.05, 3.63) is 41.5 Å². The summed E-state index contributed by atoms with van der Waals surface area (Å²) in [7, 11) is 0. The Morgan fingerprint density at radius 2 is 1.49 bits per heavy atom. The van der Waals surface area contributed by atoms with Crippen molar-refractivity contribution in [3.8, 4) is 0 Å². The third kappa shape index (κ3) is 5.18. The number of carboxylic acids is 1. The molecule has 8 rings (SSSR count). The Labute approximate surface area is 295 Å². The van der Waals surface area contributed by atoms with Crippen molar-refractivity contribution < 1.29 is 14.7 Å². The second-order valence-electron chi connectivity index (χ2n) is 19.4. The van der Waals surface area contributed by atoms with Gasteiger partial charge in [-0.2, -0.15) is 0 Å². The fourth-order valence-corrected chi connectivity index (χ4v) is 14.2. The molecule has 6 fully saturated rings. The van der Waals surface area contributed by atoms with E-state index in [1.54, 1.807) is 12.1 Å². The summed E-state index contributed by atoms with van der Waals surface area (Å²) in [6, 6.07) is 7.71. The molecule has 1 aliphatic heterocycles. The van der Waals surface area contributed by atoms with Gasteiger partial charge in [-0.1, -0.05) is 65.7 Å². The Bertz CT molecular complexity index is 1510. The second kappa shape index (κ2) is 11.6. The number of likely N-dealkylation sites (tertiary alicyclic amines) is 1. The van der Waals surface area contributed by atoms with Gasteiger partial charge < -0.3 is 20.6 Å². The monoisotopic (exact) mass is 669 g/mol. The van der Waals surface area contributed by atoms with Crippen LogP contribution in [0.4, 0.5) is 4.79 Å². The number of hydrogen-bond donors (Lipinski definition) is 3. The summed E-state index contributed by atoms with van der Waals surface area (Å²) in [6.45, 7) is 16.4. The summed E-state index contributed by atoms with van der Waals surface area (Å²) in [5.41, 5.74) is 3.73. The number of hydrogen-bond acceptors (Lipinski definition) is 3. The van der Waals surface area contributed by atoms with Gasteiger partial charge >= 0.3 is 12.0 Å². The van der Waals surface area contributed by atoms with E-state index >= 15 is 0 Å². The molecule has 8 atom stereocenters. The lowest BCUT2D eigenvalue weighted by Gasteiger charge is -2.72. The second-order valence-corrected chi connectivity index (χ2v) is 19.4. The van der Waals surface area contributed by atoms with Crippen LogP contribution in [0.15, 0.2) is 30.3 Å². The lowest BCUT2D eigenvalue weighted by atomic mass is 9.33. The molecule has 6 heteroatoms. The van der Waals surface area contributed by atoms with Crippen LogP contribution in [0, 0.1) is 45.3 Å². The SMILES string of the molecule is CC1(C)C(c2ccc(C(=O)O)cc2)=CCC2(C)C1CCC1(C)C2CC[C@@H]2C3CCCC3(NC(=O)NC3(CN4CCCCC4)CC3)CC[C@]21C. The van der Waals surface area contributed by atoms with Gasteiger partial charge in [0.2, 0.25) is 0 Å². The molecule has 1 heterocycles. The van der Waals surface area contributed by atoms with Gasteiger partial charge in [0.15, 0.2) is 0 Å². The summed E-state index contributed by atoms with van der Waals surface area (Å²) < 4.78 is 0. The first-order chi connectivity index (χ1) is 23.3. The van der Waals surface area contributed by atoms with E-state index in [1.807, 2.05) is 12.1 Å². The predicted octanol–water partition coefficient (Wildman–Crippen LogP) is 9.30. The quantitative estimate of drug-likeness (QED) is 0.282. The van der Waals surface area contributed by atoms with Gasteiger partial charge in [-0.15, -0.1) is 0 Å². The minimum atomic E-state index is -0.863. The van der Waals surface area contributed by atoms with Gasteiger partial charge in [0.25, 0.3) is 0 Å². The van der Waals surface area contributed by atoms with Gasteiger partial charge in [0.05, 0.1) is 11.1 Å². The first-order valence-electron chi connectivity index (χ1n) is 20.1. The number of benzene rings is 1. The number of carbonyl (C=O) groups is 2. The van der Waals surface area contributed by atoms with Gasteiger partial charge in [-0.3, -0.25) is 0 Å². The number of amides is 2. The van der Waals surface area contributed by atoms with Crippen LogP contribution in [0.2, 0.25) is 0 Å². The summed E-state index contributed by atoms with van der Waals surface area (Å²) in [4.78, 5) is 28.0. The van der Waals surface area contributed by atoms with Gasteiger partial charge in [0.1, 0.15) is 0 Å². The Hall–Kier alpha value is -2.34. The normalized spacial score (nSPS) is 42.0. The lowest BCUT2D eigenvalue weighted by molar-refractivity contribution is -0.216. The van der Waals surface area contributed by atoms with Crippen LogP contribution in [-0.2, 0) is 0 Å². The maximum absolute atomic E-state index is 13.8. The number of piperidine rings is 1. The van der Waals surface area contributed by atoms with E-state index in [0.29, 0.717) is 29.2 Å². The number of nitrogens with one attached hydrogen (secondary N) is 2. The molecule has 6 aliphatic carbocycles. The average molecular weight is 670 g/mol. The molecular weight excluding hydrogens is 606 g/mol. The number of nitrogens with zero attached hydrogens (tertiary/aromatic N) is 1. The summed E-state index contributed by atoms with van der Waals surface area (Å²) >= 11 is 0.